The molecule has 1 aromatic heterocycles. The average Bonchev–Trinajstić information content (AvgIpc) is 3.02. The first kappa shape index (κ1) is 17.9. The maximum absolute atomic E-state index is 13.7. The number of amides is 2. The van der Waals surface area contributed by atoms with E-state index in [1.54, 1.807) is 6.92 Å². The van der Waals surface area contributed by atoms with Gasteiger partial charge in [0.1, 0.15) is 11.6 Å². The van der Waals surface area contributed by atoms with Crippen LogP contribution >= 0.6 is 0 Å². The first-order chi connectivity index (χ1) is 12.5. The standard InChI is InChI=1S/C20H21F2N3O/c1-14(17-8-7-16(21)13-18(17)22)24-20(26)23-10-4-11-25-12-9-15-5-2-3-6-19(15)25/h2-3,5-9,12-14H,4,10-11H2,1H3,(H2,23,24,26). The largest absolute Gasteiger partial charge is 0.347 e. The first-order valence-electron chi connectivity index (χ1n) is 8.58. The van der Waals surface area contributed by atoms with Crippen LogP contribution in [0.4, 0.5) is 13.6 Å². The van der Waals surface area contributed by atoms with Crippen molar-refractivity contribution in [1.82, 2.24) is 15.2 Å². The molecule has 0 bridgehead atoms. The van der Waals surface area contributed by atoms with Gasteiger partial charge in [-0.25, -0.2) is 13.6 Å². The lowest BCUT2D eigenvalue weighted by Gasteiger charge is -2.16. The smallest absolute Gasteiger partial charge is 0.315 e. The zero-order chi connectivity index (χ0) is 18.5. The summed E-state index contributed by atoms with van der Waals surface area (Å²) in [7, 11) is 0. The summed E-state index contributed by atoms with van der Waals surface area (Å²) in [5.41, 5.74) is 1.41. The molecule has 0 spiro atoms. The minimum absolute atomic E-state index is 0.250. The van der Waals surface area contributed by atoms with E-state index in [0.717, 1.165) is 24.5 Å². The molecular formula is C20H21F2N3O. The van der Waals surface area contributed by atoms with Crippen molar-refractivity contribution in [3.8, 4) is 0 Å². The van der Waals surface area contributed by atoms with Crippen molar-refractivity contribution in [1.29, 1.82) is 0 Å². The first-order valence-corrected chi connectivity index (χ1v) is 8.58. The molecule has 1 atom stereocenters. The van der Waals surface area contributed by atoms with E-state index in [1.807, 2.05) is 18.3 Å². The number of para-hydroxylation sites is 1. The van der Waals surface area contributed by atoms with E-state index in [0.29, 0.717) is 6.54 Å². The highest BCUT2D eigenvalue weighted by Crippen LogP contribution is 2.17. The Bertz CT molecular complexity index is 907. The number of hydrogen-bond donors (Lipinski definition) is 2. The van der Waals surface area contributed by atoms with E-state index in [9.17, 15) is 13.6 Å². The molecule has 0 saturated carbocycles. The van der Waals surface area contributed by atoms with Gasteiger partial charge in [0.05, 0.1) is 6.04 Å². The molecular weight excluding hydrogens is 336 g/mol. The maximum Gasteiger partial charge on any atom is 0.315 e. The fourth-order valence-electron chi connectivity index (χ4n) is 2.97. The highest BCUT2D eigenvalue weighted by atomic mass is 19.1. The molecule has 0 saturated heterocycles. The van der Waals surface area contributed by atoms with Crippen molar-refractivity contribution < 1.29 is 13.6 Å². The molecule has 3 aromatic rings. The van der Waals surface area contributed by atoms with E-state index in [1.165, 1.54) is 17.5 Å². The van der Waals surface area contributed by atoms with Gasteiger partial charge in [0.2, 0.25) is 0 Å². The second-order valence-electron chi connectivity index (χ2n) is 6.21. The van der Waals surface area contributed by atoms with Gasteiger partial charge in [-0.1, -0.05) is 24.3 Å². The summed E-state index contributed by atoms with van der Waals surface area (Å²) in [6, 6.07) is 12.6. The van der Waals surface area contributed by atoms with E-state index in [4.69, 9.17) is 0 Å². The third-order valence-corrected chi connectivity index (χ3v) is 4.32. The minimum atomic E-state index is -0.669. The number of urea groups is 1. The molecule has 0 aliphatic rings. The molecule has 6 heteroatoms. The average molecular weight is 357 g/mol. The maximum atomic E-state index is 13.7. The second kappa shape index (κ2) is 7.99. The number of rotatable bonds is 6. The van der Waals surface area contributed by atoms with E-state index in [-0.39, 0.29) is 11.6 Å². The molecule has 1 heterocycles. The number of aryl methyl sites for hydroxylation is 1. The van der Waals surface area contributed by atoms with Gasteiger partial charge in [-0.05, 0) is 36.9 Å². The van der Waals surface area contributed by atoms with E-state index < -0.39 is 17.7 Å². The van der Waals surface area contributed by atoms with Crippen LogP contribution < -0.4 is 10.6 Å². The van der Waals surface area contributed by atoms with Crippen LogP contribution in [0.25, 0.3) is 10.9 Å². The molecule has 26 heavy (non-hydrogen) atoms. The van der Waals surface area contributed by atoms with Crippen LogP contribution in [0.3, 0.4) is 0 Å². The Morgan fingerprint density at radius 1 is 1.15 bits per heavy atom. The quantitative estimate of drug-likeness (QED) is 0.632. The van der Waals surface area contributed by atoms with Gasteiger partial charge in [0.15, 0.2) is 0 Å². The van der Waals surface area contributed by atoms with Crippen LogP contribution in [-0.2, 0) is 6.54 Å². The van der Waals surface area contributed by atoms with Gasteiger partial charge in [-0.3, -0.25) is 0 Å². The van der Waals surface area contributed by atoms with Crippen molar-refractivity contribution in [3.63, 3.8) is 0 Å². The number of carbonyl (C=O) groups is 1. The third-order valence-electron chi connectivity index (χ3n) is 4.32. The highest BCUT2D eigenvalue weighted by Gasteiger charge is 2.13. The van der Waals surface area contributed by atoms with Crippen molar-refractivity contribution in [3.05, 3.63) is 71.9 Å². The molecule has 1 unspecified atom stereocenters. The van der Waals surface area contributed by atoms with Crippen LogP contribution in [0.1, 0.15) is 24.9 Å². The number of hydrogen-bond acceptors (Lipinski definition) is 1. The molecule has 2 aromatic carbocycles. The lowest BCUT2D eigenvalue weighted by Crippen LogP contribution is -2.38. The van der Waals surface area contributed by atoms with Crippen LogP contribution in [0, 0.1) is 11.6 Å². The lowest BCUT2D eigenvalue weighted by atomic mass is 10.1. The predicted molar refractivity (Wildman–Crippen MR) is 97.9 cm³/mol. The Labute approximate surface area is 150 Å². The summed E-state index contributed by atoms with van der Waals surface area (Å²) in [5, 5.41) is 6.61. The third kappa shape index (κ3) is 4.20. The number of nitrogens with one attached hydrogen (secondary N) is 2. The lowest BCUT2D eigenvalue weighted by molar-refractivity contribution is 0.237. The van der Waals surface area contributed by atoms with E-state index >= 15 is 0 Å². The van der Waals surface area contributed by atoms with Crippen LogP contribution in [0.15, 0.2) is 54.7 Å². The fraction of sp³-hybridized carbons (Fsp3) is 0.250. The molecule has 0 fully saturated rings. The zero-order valence-electron chi connectivity index (χ0n) is 14.5. The number of benzene rings is 2. The molecule has 2 amide bonds. The molecule has 0 radical (unpaired) electrons. The number of nitrogens with zero attached hydrogens (tertiary/aromatic N) is 1. The Balaban J connectivity index is 1.45. The Kier molecular flexibility index (Phi) is 5.51. The zero-order valence-corrected chi connectivity index (χ0v) is 14.5. The minimum Gasteiger partial charge on any atom is -0.347 e. The van der Waals surface area contributed by atoms with Gasteiger partial charge in [-0.2, -0.15) is 0 Å². The normalized spacial score (nSPS) is 12.1. The Morgan fingerprint density at radius 3 is 2.77 bits per heavy atom. The van der Waals surface area contributed by atoms with Crippen molar-refractivity contribution in [2.75, 3.05) is 6.54 Å². The fourth-order valence-corrected chi connectivity index (χ4v) is 2.97. The van der Waals surface area contributed by atoms with Gasteiger partial charge >= 0.3 is 6.03 Å². The van der Waals surface area contributed by atoms with Crippen LogP contribution in [0.2, 0.25) is 0 Å². The van der Waals surface area contributed by atoms with Crippen LogP contribution in [-0.4, -0.2) is 17.1 Å². The SMILES string of the molecule is CC(NC(=O)NCCCn1ccc2ccccc21)c1ccc(F)cc1F. The monoisotopic (exact) mass is 357 g/mol. The number of carbonyl (C=O) groups excluding carboxylic acids is 1. The summed E-state index contributed by atoms with van der Waals surface area (Å²) in [6.45, 7) is 2.94. The van der Waals surface area contributed by atoms with Gasteiger partial charge < -0.3 is 15.2 Å². The molecule has 136 valence electrons. The summed E-state index contributed by atoms with van der Waals surface area (Å²) < 4.78 is 28.8. The summed E-state index contributed by atoms with van der Waals surface area (Å²) in [4.78, 5) is 12.0. The van der Waals surface area contributed by atoms with E-state index in [2.05, 4.69) is 33.4 Å². The number of fused-ring (bicyclic) bond motifs is 1. The number of halogens is 2. The molecule has 0 aliphatic carbocycles. The summed E-state index contributed by atoms with van der Waals surface area (Å²) in [6.07, 6.45) is 2.80. The van der Waals surface area contributed by atoms with Crippen molar-refractivity contribution in [2.24, 2.45) is 0 Å². The molecule has 4 nitrogen and oxygen atoms in total. The molecule has 3 rings (SSSR count). The van der Waals surface area contributed by atoms with Gasteiger partial charge in [0.25, 0.3) is 0 Å². The molecule has 0 aliphatic heterocycles. The number of aromatic nitrogens is 1. The summed E-state index contributed by atoms with van der Waals surface area (Å²) >= 11 is 0. The highest BCUT2D eigenvalue weighted by molar-refractivity contribution is 5.79. The molecule has 2 N–H and O–H groups in total. The summed E-state index contributed by atoms with van der Waals surface area (Å²) in [5.74, 6) is -1.31. The van der Waals surface area contributed by atoms with Crippen LogP contribution in [0.5, 0.6) is 0 Å². The van der Waals surface area contributed by atoms with Gasteiger partial charge in [0, 0.05) is 36.4 Å². The van der Waals surface area contributed by atoms with Gasteiger partial charge in [-0.15, -0.1) is 0 Å². The predicted octanol–water partition coefficient (Wildman–Crippen LogP) is 4.37. The van der Waals surface area contributed by atoms with Crippen molar-refractivity contribution in [2.45, 2.75) is 25.9 Å². The Morgan fingerprint density at radius 2 is 1.96 bits per heavy atom. The Hall–Kier alpha value is -2.89. The topological polar surface area (TPSA) is 46.1 Å². The van der Waals surface area contributed by atoms with Crippen molar-refractivity contribution >= 4 is 16.9 Å². The second-order valence-corrected chi connectivity index (χ2v) is 6.21.